The number of halogens is 2. The average molecular weight is 504 g/mol. The maximum absolute atomic E-state index is 13.7. The van der Waals surface area contributed by atoms with E-state index < -0.39 is 6.43 Å². The summed E-state index contributed by atoms with van der Waals surface area (Å²) in [5, 5.41) is 7.82. The van der Waals surface area contributed by atoms with E-state index in [1.807, 2.05) is 13.8 Å². The third kappa shape index (κ3) is 4.67. The second kappa shape index (κ2) is 10.7. The van der Waals surface area contributed by atoms with Gasteiger partial charge >= 0.3 is 6.03 Å². The highest BCUT2D eigenvalue weighted by Crippen LogP contribution is 2.42. The Labute approximate surface area is 212 Å². The molecule has 0 radical (unpaired) electrons. The Bertz CT molecular complexity index is 1090. The van der Waals surface area contributed by atoms with E-state index in [1.54, 1.807) is 24.9 Å². The van der Waals surface area contributed by atoms with Crippen molar-refractivity contribution in [2.24, 2.45) is 0 Å². The van der Waals surface area contributed by atoms with Crippen LogP contribution in [0.25, 0.3) is 0 Å². The molecule has 1 saturated carbocycles. The molecule has 8 nitrogen and oxygen atoms in total. The van der Waals surface area contributed by atoms with Gasteiger partial charge in [0.1, 0.15) is 0 Å². The lowest BCUT2D eigenvalue weighted by Crippen LogP contribution is -2.44. The Morgan fingerprint density at radius 1 is 1.19 bits per heavy atom. The topological polar surface area (TPSA) is 69.5 Å². The summed E-state index contributed by atoms with van der Waals surface area (Å²) in [4.78, 5) is 23.1. The maximum Gasteiger partial charge on any atom is 0.317 e. The summed E-state index contributed by atoms with van der Waals surface area (Å²) in [5.74, 6) is 0.781. The van der Waals surface area contributed by atoms with Crippen molar-refractivity contribution < 1.29 is 13.6 Å². The van der Waals surface area contributed by atoms with Gasteiger partial charge in [-0.05, 0) is 52.8 Å². The van der Waals surface area contributed by atoms with E-state index in [0.717, 1.165) is 54.9 Å². The summed E-state index contributed by atoms with van der Waals surface area (Å²) < 4.78 is 29.6. The van der Waals surface area contributed by atoms with Gasteiger partial charge in [-0.25, -0.2) is 13.6 Å². The number of aromatic nitrogens is 3. The van der Waals surface area contributed by atoms with E-state index in [9.17, 15) is 13.6 Å². The minimum Gasteiger partial charge on any atom is -0.341 e. The number of hydrogen-bond acceptors (Lipinski definition) is 5. The number of carbonyl (C=O) groups is 1. The minimum atomic E-state index is -2.57. The highest BCUT2D eigenvalue weighted by Gasteiger charge is 2.38. The Morgan fingerprint density at radius 2 is 1.92 bits per heavy atom. The van der Waals surface area contributed by atoms with Crippen LogP contribution in [-0.4, -0.2) is 70.9 Å². The molecule has 2 aliphatic heterocycles. The minimum absolute atomic E-state index is 0.0289. The van der Waals surface area contributed by atoms with Crippen molar-refractivity contribution in [2.45, 2.75) is 77.9 Å². The number of carbonyl (C=O) groups excluding carboxylic acids is 1. The molecule has 2 aromatic rings. The molecule has 198 valence electrons. The van der Waals surface area contributed by atoms with Gasteiger partial charge < -0.3 is 20.0 Å². The van der Waals surface area contributed by atoms with Crippen molar-refractivity contribution >= 4 is 17.5 Å². The Balaban J connectivity index is 0.00000148. The largest absolute Gasteiger partial charge is 0.341 e. The van der Waals surface area contributed by atoms with Crippen LogP contribution in [0.2, 0.25) is 0 Å². The van der Waals surface area contributed by atoms with Crippen molar-refractivity contribution in [3.05, 3.63) is 34.3 Å². The van der Waals surface area contributed by atoms with Gasteiger partial charge in [0, 0.05) is 55.1 Å². The molecule has 0 unspecified atom stereocenters. The Kier molecular flexibility index (Phi) is 7.82. The molecule has 0 saturated heterocycles. The summed E-state index contributed by atoms with van der Waals surface area (Å²) in [6.45, 7) is 7.43. The summed E-state index contributed by atoms with van der Waals surface area (Å²) in [5.41, 5.74) is 4.11. The fraction of sp³-hybridized carbons (Fsp3) is 0.654. The van der Waals surface area contributed by atoms with Crippen molar-refractivity contribution in [2.75, 3.05) is 39.1 Å². The molecule has 0 bridgehead atoms. The van der Waals surface area contributed by atoms with Crippen LogP contribution in [0.15, 0.2) is 6.07 Å². The molecular weight excluding hydrogens is 464 g/mol. The number of pyridine rings is 1. The van der Waals surface area contributed by atoms with Crippen LogP contribution in [0.5, 0.6) is 0 Å². The first-order valence-electron chi connectivity index (χ1n) is 13.1. The van der Waals surface area contributed by atoms with E-state index in [4.69, 9.17) is 5.10 Å². The maximum atomic E-state index is 13.7. The fourth-order valence-electron chi connectivity index (χ4n) is 5.50. The molecule has 1 aliphatic carbocycles. The number of alkyl halides is 2. The molecular formula is C26H39F2N7O. The molecule has 0 atom stereocenters. The van der Waals surface area contributed by atoms with Gasteiger partial charge in [0.25, 0.3) is 6.43 Å². The first kappa shape index (κ1) is 26.3. The van der Waals surface area contributed by atoms with Gasteiger partial charge in [-0.1, -0.05) is 13.8 Å². The lowest BCUT2D eigenvalue weighted by molar-refractivity contribution is 0.118. The number of fused-ring (bicyclic) bond motifs is 2. The molecule has 10 heteroatoms. The highest BCUT2D eigenvalue weighted by atomic mass is 19.3. The zero-order chi connectivity index (χ0) is 26.1. The van der Waals surface area contributed by atoms with E-state index in [1.165, 1.54) is 5.69 Å². The number of urea groups is 1. The molecule has 1 N–H and O–H groups in total. The molecule has 0 aromatic carbocycles. The number of aryl methyl sites for hydroxylation is 2. The molecule has 3 aliphatic rings. The number of nitrogens with zero attached hydrogens (tertiary/aromatic N) is 6. The van der Waals surface area contributed by atoms with Crippen LogP contribution in [0.4, 0.5) is 25.1 Å². The number of nitrogens with one attached hydrogen (secondary N) is 1. The van der Waals surface area contributed by atoms with Crippen molar-refractivity contribution in [3.63, 3.8) is 0 Å². The lowest BCUT2D eigenvalue weighted by Gasteiger charge is -2.40. The van der Waals surface area contributed by atoms with Gasteiger partial charge in [0.15, 0.2) is 5.82 Å². The Morgan fingerprint density at radius 3 is 2.56 bits per heavy atom. The summed E-state index contributed by atoms with van der Waals surface area (Å²) >= 11 is 0. The third-order valence-electron chi connectivity index (χ3n) is 7.62. The SMILES string of the molecule is CC.CNC(=O)N1CCc2c(c(N3CCCc4nc(C)c(C(F)F)cc43)nn2C2CC(N(C)C)C2)C1. The molecule has 2 aromatic heterocycles. The standard InChI is InChI=1S/C24H33F2N7O.C2H6/c1-14-17(22(25)26)12-21-19(28-14)6-5-8-32(21)23-18-13-31(24(34)27-2)9-7-20(18)33(29-23)16-10-15(11-16)30(3)4;1-2/h12,15-16,22H,5-11,13H2,1-4H3,(H,27,34);1-2H3. The van der Waals surface area contributed by atoms with Crippen molar-refractivity contribution in [1.82, 2.24) is 29.9 Å². The second-order valence-electron chi connectivity index (χ2n) is 9.85. The lowest BCUT2D eigenvalue weighted by atomic mass is 9.85. The van der Waals surface area contributed by atoms with E-state index in [0.29, 0.717) is 37.4 Å². The van der Waals surface area contributed by atoms with Gasteiger partial charge in [0.2, 0.25) is 0 Å². The normalized spacial score (nSPS) is 20.9. The zero-order valence-corrected chi connectivity index (χ0v) is 22.3. The van der Waals surface area contributed by atoms with Gasteiger partial charge in [-0.2, -0.15) is 5.10 Å². The predicted molar refractivity (Wildman–Crippen MR) is 137 cm³/mol. The summed E-state index contributed by atoms with van der Waals surface area (Å²) in [6, 6.07) is 2.34. The van der Waals surface area contributed by atoms with Gasteiger partial charge in [-0.3, -0.25) is 9.67 Å². The zero-order valence-electron chi connectivity index (χ0n) is 22.3. The average Bonchev–Trinajstić information content (AvgIpc) is 3.20. The fourth-order valence-corrected chi connectivity index (χ4v) is 5.50. The summed E-state index contributed by atoms with van der Waals surface area (Å²) in [6.07, 6.45) is 1.86. The smallest absolute Gasteiger partial charge is 0.317 e. The van der Waals surface area contributed by atoms with E-state index >= 15 is 0 Å². The van der Waals surface area contributed by atoms with Crippen LogP contribution in [-0.2, 0) is 19.4 Å². The second-order valence-corrected chi connectivity index (χ2v) is 9.85. The number of rotatable bonds is 4. The molecule has 1 fully saturated rings. The van der Waals surface area contributed by atoms with Crippen LogP contribution < -0.4 is 10.2 Å². The van der Waals surface area contributed by atoms with E-state index in [-0.39, 0.29) is 11.6 Å². The van der Waals surface area contributed by atoms with Crippen LogP contribution >= 0.6 is 0 Å². The van der Waals surface area contributed by atoms with Crippen molar-refractivity contribution in [3.8, 4) is 0 Å². The monoisotopic (exact) mass is 503 g/mol. The van der Waals surface area contributed by atoms with Crippen LogP contribution in [0.1, 0.15) is 73.8 Å². The molecule has 2 amide bonds. The van der Waals surface area contributed by atoms with Crippen molar-refractivity contribution in [1.29, 1.82) is 0 Å². The Hall–Kier alpha value is -2.75. The first-order valence-corrected chi connectivity index (χ1v) is 13.1. The molecule has 5 rings (SSSR count). The van der Waals surface area contributed by atoms with Crippen LogP contribution in [0.3, 0.4) is 0 Å². The number of hydrogen-bond donors (Lipinski definition) is 1. The van der Waals surface area contributed by atoms with Gasteiger partial charge in [0.05, 0.1) is 24.0 Å². The highest BCUT2D eigenvalue weighted by molar-refractivity contribution is 5.75. The quantitative estimate of drug-likeness (QED) is 0.661. The first-order chi connectivity index (χ1) is 17.3. The van der Waals surface area contributed by atoms with Crippen LogP contribution in [0, 0.1) is 6.92 Å². The predicted octanol–water partition coefficient (Wildman–Crippen LogP) is 4.60. The number of anilines is 2. The summed E-state index contributed by atoms with van der Waals surface area (Å²) in [7, 11) is 5.84. The third-order valence-corrected chi connectivity index (χ3v) is 7.62. The van der Waals surface area contributed by atoms with E-state index in [2.05, 4.69) is 38.9 Å². The molecule has 36 heavy (non-hydrogen) atoms. The molecule has 0 spiro atoms. The van der Waals surface area contributed by atoms with Gasteiger partial charge in [-0.15, -0.1) is 0 Å². The molecule has 4 heterocycles. The number of amides is 2.